The number of aryl methyl sites for hydroxylation is 1. The van der Waals surface area contributed by atoms with Gasteiger partial charge in [-0.05, 0) is 12.5 Å². The number of nitrogens with one attached hydrogen (secondary N) is 1. The first-order valence-corrected chi connectivity index (χ1v) is 8.10. The molecule has 3 heterocycles. The Kier molecular flexibility index (Phi) is 4.92. The number of carbonyl (C=O) groups excluding carboxylic acids is 2. The molecule has 0 saturated heterocycles. The molecule has 0 aliphatic carbocycles. The summed E-state index contributed by atoms with van der Waals surface area (Å²) in [5.41, 5.74) is 1.99. The Balaban J connectivity index is 1.65. The summed E-state index contributed by atoms with van der Waals surface area (Å²) in [6, 6.07) is 1.92. The molecule has 9 heteroatoms. The second-order valence-electron chi connectivity index (χ2n) is 6.08. The van der Waals surface area contributed by atoms with E-state index in [4.69, 9.17) is 0 Å². The van der Waals surface area contributed by atoms with Crippen LogP contribution in [0, 0.1) is 0 Å². The minimum atomic E-state index is -0.291. The molecule has 2 aromatic rings. The summed E-state index contributed by atoms with van der Waals surface area (Å²) in [6.45, 7) is 2.28. The van der Waals surface area contributed by atoms with Crippen molar-refractivity contribution < 1.29 is 9.59 Å². The van der Waals surface area contributed by atoms with Crippen LogP contribution in [-0.2, 0) is 19.6 Å². The van der Waals surface area contributed by atoms with E-state index in [9.17, 15) is 9.59 Å². The lowest BCUT2D eigenvalue weighted by atomic mass is 10.3. The normalized spacial score (nSPS) is 13.8. The minimum Gasteiger partial charge on any atom is -0.345 e. The van der Waals surface area contributed by atoms with Gasteiger partial charge in [0.1, 0.15) is 5.69 Å². The summed E-state index contributed by atoms with van der Waals surface area (Å²) in [6.07, 6.45) is 5.26. The summed E-state index contributed by atoms with van der Waals surface area (Å²) in [5, 5.41) is 7.32. The monoisotopic (exact) mass is 343 g/mol. The van der Waals surface area contributed by atoms with Crippen LogP contribution in [0.4, 0.5) is 4.79 Å². The molecule has 1 aliphatic heterocycles. The third-order valence-corrected chi connectivity index (χ3v) is 3.94. The van der Waals surface area contributed by atoms with Crippen LogP contribution in [0.5, 0.6) is 0 Å². The van der Waals surface area contributed by atoms with Gasteiger partial charge in [0.25, 0.3) is 5.91 Å². The van der Waals surface area contributed by atoms with Gasteiger partial charge < -0.3 is 15.1 Å². The zero-order valence-electron chi connectivity index (χ0n) is 14.3. The smallest absolute Gasteiger partial charge is 0.319 e. The van der Waals surface area contributed by atoms with E-state index in [2.05, 4.69) is 20.4 Å². The lowest BCUT2D eigenvalue weighted by Crippen LogP contribution is -2.38. The lowest BCUT2D eigenvalue weighted by Gasteiger charge is -2.23. The maximum atomic E-state index is 12.2. The van der Waals surface area contributed by atoms with Gasteiger partial charge in [-0.15, -0.1) is 0 Å². The molecule has 1 N–H and O–H groups in total. The Morgan fingerprint density at radius 2 is 2.12 bits per heavy atom. The zero-order valence-corrected chi connectivity index (χ0v) is 14.3. The molecule has 0 fully saturated rings. The third-order valence-electron chi connectivity index (χ3n) is 3.94. The highest BCUT2D eigenvalue weighted by Gasteiger charge is 2.21. The van der Waals surface area contributed by atoms with Gasteiger partial charge in [-0.25, -0.2) is 9.78 Å². The Morgan fingerprint density at radius 3 is 2.84 bits per heavy atom. The molecule has 1 aliphatic rings. The highest BCUT2D eigenvalue weighted by atomic mass is 16.2. The van der Waals surface area contributed by atoms with Crippen molar-refractivity contribution in [2.75, 3.05) is 20.6 Å². The van der Waals surface area contributed by atoms with Gasteiger partial charge in [0.05, 0.1) is 30.7 Å². The molecule has 132 valence electrons. The summed E-state index contributed by atoms with van der Waals surface area (Å²) in [7, 11) is 3.50. The Bertz CT molecular complexity index is 757. The third kappa shape index (κ3) is 3.93. The maximum Gasteiger partial charge on any atom is 0.319 e. The molecule has 0 radical (unpaired) electrons. The van der Waals surface area contributed by atoms with Gasteiger partial charge in [0, 0.05) is 39.6 Å². The van der Waals surface area contributed by atoms with Crippen LogP contribution in [0.25, 0.3) is 0 Å². The predicted octanol–water partition coefficient (Wildman–Crippen LogP) is 0.490. The maximum absolute atomic E-state index is 12.2. The summed E-state index contributed by atoms with van der Waals surface area (Å²) < 4.78 is 1.91. The highest BCUT2D eigenvalue weighted by molar-refractivity contribution is 5.91. The number of nitrogens with zero attached hydrogens (tertiary/aromatic N) is 6. The molecule has 25 heavy (non-hydrogen) atoms. The van der Waals surface area contributed by atoms with E-state index in [0.29, 0.717) is 19.6 Å². The Morgan fingerprint density at radius 1 is 1.28 bits per heavy atom. The Labute approximate surface area is 145 Å². The zero-order chi connectivity index (χ0) is 17.8. The van der Waals surface area contributed by atoms with E-state index >= 15 is 0 Å². The van der Waals surface area contributed by atoms with Crippen LogP contribution in [0.1, 0.15) is 28.3 Å². The summed E-state index contributed by atoms with van der Waals surface area (Å²) >= 11 is 0. The van der Waals surface area contributed by atoms with E-state index in [1.807, 2.05) is 15.6 Å². The number of hydrogen-bond acceptors (Lipinski definition) is 5. The van der Waals surface area contributed by atoms with E-state index in [1.54, 1.807) is 19.0 Å². The molecule has 0 saturated carbocycles. The Hall–Kier alpha value is -2.97. The average Bonchev–Trinajstić information content (AvgIpc) is 2.90. The molecular weight excluding hydrogens is 322 g/mol. The van der Waals surface area contributed by atoms with Crippen LogP contribution < -0.4 is 5.32 Å². The number of amides is 3. The second-order valence-corrected chi connectivity index (χ2v) is 6.08. The standard InChI is InChI=1S/C16H21N7O2/c1-21(2)16(25)22-6-3-7-23-13(11-22)8-12(20-23)9-19-15(24)14-10-17-4-5-18-14/h4-5,8,10H,3,6-7,9,11H2,1-2H3,(H,19,24). The van der Waals surface area contributed by atoms with Crippen molar-refractivity contribution in [3.05, 3.63) is 41.7 Å². The van der Waals surface area contributed by atoms with Crippen LogP contribution in [0.3, 0.4) is 0 Å². The average molecular weight is 343 g/mol. The fourth-order valence-corrected chi connectivity index (χ4v) is 2.73. The minimum absolute atomic E-state index is 0.00726. The van der Waals surface area contributed by atoms with Gasteiger partial charge in [-0.3, -0.25) is 14.5 Å². The summed E-state index contributed by atoms with van der Waals surface area (Å²) in [5.74, 6) is -0.291. The fourth-order valence-electron chi connectivity index (χ4n) is 2.73. The van der Waals surface area contributed by atoms with Gasteiger partial charge in [-0.2, -0.15) is 5.10 Å². The van der Waals surface area contributed by atoms with Crippen molar-refractivity contribution in [3.8, 4) is 0 Å². The van der Waals surface area contributed by atoms with Gasteiger partial charge in [0.15, 0.2) is 0 Å². The first-order valence-electron chi connectivity index (χ1n) is 8.10. The summed E-state index contributed by atoms with van der Waals surface area (Å²) in [4.78, 5) is 35.4. The van der Waals surface area contributed by atoms with Crippen molar-refractivity contribution in [2.24, 2.45) is 0 Å². The molecule has 2 aromatic heterocycles. The van der Waals surface area contributed by atoms with Gasteiger partial charge >= 0.3 is 6.03 Å². The molecule has 3 rings (SSSR count). The van der Waals surface area contributed by atoms with Crippen molar-refractivity contribution >= 4 is 11.9 Å². The van der Waals surface area contributed by atoms with Crippen LogP contribution in [-0.4, -0.2) is 62.1 Å². The van der Waals surface area contributed by atoms with Crippen LogP contribution in [0.2, 0.25) is 0 Å². The van der Waals surface area contributed by atoms with Crippen molar-refractivity contribution in [2.45, 2.75) is 26.1 Å². The van der Waals surface area contributed by atoms with Crippen molar-refractivity contribution in [3.63, 3.8) is 0 Å². The van der Waals surface area contributed by atoms with Crippen molar-refractivity contribution in [1.29, 1.82) is 0 Å². The first kappa shape index (κ1) is 16.9. The number of hydrogen-bond donors (Lipinski definition) is 1. The van der Waals surface area contributed by atoms with E-state index in [-0.39, 0.29) is 17.6 Å². The number of rotatable bonds is 3. The number of aromatic nitrogens is 4. The molecule has 0 aromatic carbocycles. The fraction of sp³-hybridized carbons (Fsp3) is 0.438. The van der Waals surface area contributed by atoms with E-state index in [0.717, 1.165) is 24.4 Å². The van der Waals surface area contributed by atoms with Gasteiger partial charge in [0.2, 0.25) is 0 Å². The van der Waals surface area contributed by atoms with E-state index < -0.39 is 0 Å². The molecule has 9 nitrogen and oxygen atoms in total. The molecule has 3 amide bonds. The molecule has 0 bridgehead atoms. The lowest BCUT2D eigenvalue weighted by molar-refractivity contribution is 0.0945. The predicted molar refractivity (Wildman–Crippen MR) is 89.5 cm³/mol. The highest BCUT2D eigenvalue weighted by Crippen LogP contribution is 2.15. The molecule has 0 unspecified atom stereocenters. The SMILES string of the molecule is CN(C)C(=O)N1CCCn2nc(CNC(=O)c3cnccn3)cc2C1. The topological polar surface area (TPSA) is 96.2 Å². The first-order chi connectivity index (χ1) is 12.0. The number of carbonyl (C=O) groups is 2. The molecule has 0 spiro atoms. The second kappa shape index (κ2) is 7.29. The van der Waals surface area contributed by atoms with Crippen LogP contribution >= 0.6 is 0 Å². The molecule has 0 atom stereocenters. The largest absolute Gasteiger partial charge is 0.345 e. The van der Waals surface area contributed by atoms with E-state index in [1.165, 1.54) is 18.6 Å². The number of urea groups is 1. The van der Waals surface area contributed by atoms with Crippen LogP contribution in [0.15, 0.2) is 24.7 Å². The number of fused-ring (bicyclic) bond motifs is 1. The quantitative estimate of drug-likeness (QED) is 0.875. The van der Waals surface area contributed by atoms with Crippen molar-refractivity contribution in [1.82, 2.24) is 34.9 Å². The van der Waals surface area contributed by atoms with Gasteiger partial charge in [-0.1, -0.05) is 0 Å². The molecular formula is C16H21N7O2.